The first-order valence-electron chi connectivity index (χ1n) is 8.96. The van der Waals surface area contributed by atoms with Gasteiger partial charge in [0.05, 0.1) is 17.7 Å². The molecule has 0 saturated carbocycles. The number of aliphatic hydroxyl groups is 2. The fourth-order valence-corrected chi connectivity index (χ4v) is 3.33. The minimum Gasteiger partial charge on any atom is -0.444 e. The molecule has 2 atom stereocenters. The van der Waals surface area contributed by atoms with E-state index in [-0.39, 0.29) is 12.1 Å². The number of nitrogens with zero attached hydrogens (tertiary/aromatic N) is 1. The number of benzene rings is 1. The lowest BCUT2D eigenvalue weighted by molar-refractivity contribution is 0.00444. The zero-order valence-corrected chi connectivity index (χ0v) is 16.0. The summed E-state index contributed by atoms with van der Waals surface area (Å²) in [6, 6.07) is 7.26. The number of ether oxygens (including phenoxy) is 1. The van der Waals surface area contributed by atoms with Gasteiger partial charge in [0.1, 0.15) is 5.60 Å². The molecular formula is C20H31NO4. The Labute approximate surface area is 150 Å². The summed E-state index contributed by atoms with van der Waals surface area (Å²) < 4.78 is 5.48. The molecule has 1 aromatic carbocycles. The molecule has 1 aromatic rings. The van der Waals surface area contributed by atoms with E-state index in [2.05, 4.69) is 0 Å². The summed E-state index contributed by atoms with van der Waals surface area (Å²) in [7, 11) is 0. The Hall–Kier alpha value is -1.59. The van der Waals surface area contributed by atoms with Gasteiger partial charge in [-0.2, -0.15) is 0 Å². The second-order valence-electron chi connectivity index (χ2n) is 8.52. The third kappa shape index (κ3) is 5.44. The van der Waals surface area contributed by atoms with E-state index in [9.17, 15) is 15.0 Å². The van der Waals surface area contributed by atoms with E-state index < -0.39 is 17.3 Å². The average molecular weight is 349 g/mol. The van der Waals surface area contributed by atoms with Crippen molar-refractivity contribution in [1.29, 1.82) is 0 Å². The first kappa shape index (κ1) is 19.7. The second kappa shape index (κ2) is 7.34. The molecule has 2 rings (SSSR count). The van der Waals surface area contributed by atoms with E-state index in [1.165, 1.54) is 0 Å². The van der Waals surface area contributed by atoms with Gasteiger partial charge in [-0.05, 0) is 58.6 Å². The van der Waals surface area contributed by atoms with Crippen molar-refractivity contribution in [2.45, 2.75) is 77.2 Å². The van der Waals surface area contributed by atoms with Gasteiger partial charge in [-0.1, -0.05) is 24.3 Å². The number of rotatable bonds is 4. The largest absolute Gasteiger partial charge is 0.444 e. The molecule has 1 heterocycles. The van der Waals surface area contributed by atoms with Crippen LogP contribution in [0.15, 0.2) is 24.3 Å². The Morgan fingerprint density at radius 1 is 1.28 bits per heavy atom. The topological polar surface area (TPSA) is 70.0 Å². The van der Waals surface area contributed by atoms with Crippen molar-refractivity contribution in [1.82, 2.24) is 4.90 Å². The Balaban J connectivity index is 2.22. The number of hydrogen-bond acceptors (Lipinski definition) is 4. The predicted molar refractivity (Wildman–Crippen MR) is 97.4 cm³/mol. The van der Waals surface area contributed by atoms with Crippen molar-refractivity contribution in [3.8, 4) is 0 Å². The molecule has 5 nitrogen and oxygen atoms in total. The predicted octanol–water partition coefficient (Wildman–Crippen LogP) is 3.43. The zero-order chi connectivity index (χ0) is 18.8. The lowest BCUT2D eigenvalue weighted by Gasteiger charge is -2.32. The van der Waals surface area contributed by atoms with Gasteiger partial charge in [0.25, 0.3) is 0 Å². The van der Waals surface area contributed by atoms with Crippen LogP contribution in [-0.4, -0.2) is 45.0 Å². The third-order valence-corrected chi connectivity index (χ3v) is 4.29. The smallest absolute Gasteiger partial charge is 0.410 e. The van der Waals surface area contributed by atoms with Crippen molar-refractivity contribution >= 4 is 6.09 Å². The fraction of sp³-hybridized carbons (Fsp3) is 0.650. The van der Waals surface area contributed by atoms with Crippen LogP contribution in [0.5, 0.6) is 0 Å². The number of hydrogen-bond donors (Lipinski definition) is 2. The molecule has 0 bridgehead atoms. The molecule has 5 heteroatoms. The quantitative estimate of drug-likeness (QED) is 0.874. The van der Waals surface area contributed by atoms with Crippen LogP contribution in [0.4, 0.5) is 4.79 Å². The summed E-state index contributed by atoms with van der Waals surface area (Å²) in [5.74, 6) is 0. The monoisotopic (exact) mass is 349 g/mol. The standard InChI is InChI=1S/C20H31NO4/c1-19(2,3)25-18(23)21-12-8-11-16(21)17(22)15-10-7-6-9-14(15)13-20(4,5)24/h6-7,9-10,16-17,22,24H,8,11-13H2,1-5H3/t16-,17?/m0/s1. The minimum atomic E-state index is -0.865. The highest BCUT2D eigenvalue weighted by Gasteiger charge is 2.37. The van der Waals surface area contributed by atoms with Gasteiger partial charge in [-0.15, -0.1) is 0 Å². The highest BCUT2D eigenvalue weighted by atomic mass is 16.6. The molecule has 0 aliphatic carbocycles. The van der Waals surface area contributed by atoms with Crippen LogP contribution in [0.25, 0.3) is 0 Å². The molecule has 1 aliphatic heterocycles. The van der Waals surface area contributed by atoms with Crippen LogP contribution < -0.4 is 0 Å². The molecule has 0 radical (unpaired) electrons. The van der Waals surface area contributed by atoms with Crippen LogP contribution in [-0.2, 0) is 11.2 Å². The summed E-state index contributed by atoms with van der Waals surface area (Å²) in [6.45, 7) is 9.60. The summed E-state index contributed by atoms with van der Waals surface area (Å²) in [4.78, 5) is 14.1. The molecule has 140 valence electrons. The van der Waals surface area contributed by atoms with Crippen molar-refractivity contribution in [2.75, 3.05) is 6.54 Å². The van der Waals surface area contributed by atoms with Crippen LogP contribution in [0.2, 0.25) is 0 Å². The molecule has 1 fully saturated rings. The van der Waals surface area contributed by atoms with Crippen molar-refractivity contribution in [3.63, 3.8) is 0 Å². The lowest BCUT2D eigenvalue weighted by atomic mass is 9.90. The Bertz CT molecular complexity index is 600. The number of carbonyl (C=O) groups is 1. The van der Waals surface area contributed by atoms with Gasteiger partial charge in [0.15, 0.2) is 0 Å². The maximum Gasteiger partial charge on any atom is 0.410 e. The van der Waals surface area contributed by atoms with Crippen LogP contribution in [0.3, 0.4) is 0 Å². The molecule has 0 aromatic heterocycles. The van der Waals surface area contributed by atoms with E-state index in [1.54, 1.807) is 18.7 Å². The molecular weight excluding hydrogens is 318 g/mol. The average Bonchev–Trinajstić information content (AvgIpc) is 2.93. The molecule has 1 unspecified atom stereocenters. The van der Waals surface area contributed by atoms with Crippen molar-refractivity contribution in [3.05, 3.63) is 35.4 Å². The molecule has 1 aliphatic rings. The number of aliphatic hydroxyl groups excluding tert-OH is 1. The van der Waals surface area contributed by atoms with Crippen LogP contribution >= 0.6 is 0 Å². The number of amides is 1. The van der Waals surface area contributed by atoms with Crippen molar-refractivity contribution < 1.29 is 19.7 Å². The van der Waals surface area contributed by atoms with E-state index in [1.807, 2.05) is 45.0 Å². The van der Waals surface area contributed by atoms with E-state index in [0.29, 0.717) is 13.0 Å². The third-order valence-electron chi connectivity index (χ3n) is 4.29. The summed E-state index contributed by atoms with van der Waals surface area (Å²) in [5.41, 5.74) is 0.244. The van der Waals surface area contributed by atoms with Gasteiger partial charge in [0.2, 0.25) is 0 Å². The fourth-order valence-electron chi connectivity index (χ4n) is 3.33. The Morgan fingerprint density at radius 3 is 2.52 bits per heavy atom. The molecule has 25 heavy (non-hydrogen) atoms. The maximum absolute atomic E-state index is 12.5. The van der Waals surface area contributed by atoms with E-state index >= 15 is 0 Å². The summed E-state index contributed by atoms with van der Waals surface area (Å²) in [6.07, 6.45) is 0.841. The maximum atomic E-state index is 12.5. The SMILES string of the molecule is CC(C)(O)Cc1ccccc1C(O)[C@@H]1CCCN1C(=O)OC(C)(C)C. The second-order valence-corrected chi connectivity index (χ2v) is 8.52. The zero-order valence-electron chi connectivity index (χ0n) is 16.0. The number of likely N-dealkylation sites (tertiary alicyclic amines) is 1. The van der Waals surface area contributed by atoms with E-state index in [4.69, 9.17) is 4.74 Å². The normalized spacial score (nSPS) is 19.8. The van der Waals surface area contributed by atoms with Crippen LogP contribution in [0.1, 0.15) is 64.7 Å². The van der Waals surface area contributed by atoms with Gasteiger partial charge < -0.3 is 19.8 Å². The highest BCUT2D eigenvalue weighted by molar-refractivity contribution is 5.69. The van der Waals surface area contributed by atoms with E-state index in [0.717, 1.165) is 24.0 Å². The minimum absolute atomic E-state index is 0.308. The lowest BCUT2D eigenvalue weighted by Crippen LogP contribution is -2.42. The Kier molecular flexibility index (Phi) is 5.79. The van der Waals surface area contributed by atoms with Gasteiger partial charge in [-0.25, -0.2) is 4.79 Å². The first-order chi connectivity index (χ1) is 11.5. The first-order valence-corrected chi connectivity index (χ1v) is 8.96. The van der Waals surface area contributed by atoms with Gasteiger partial charge in [0, 0.05) is 13.0 Å². The van der Waals surface area contributed by atoms with Crippen molar-refractivity contribution in [2.24, 2.45) is 0 Å². The van der Waals surface area contributed by atoms with Crippen LogP contribution in [0, 0.1) is 0 Å². The number of carbonyl (C=O) groups excluding carboxylic acids is 1. The molecule has 2 N–H and O–H groups in total. The summed E-state index contributed by atoms with van der Waals surface area (Å²) in [5, 5.41) is 21.1. The molecule has 0 spiro atoms. The van der Waals surface area contributed by atoms with Gasteiger partial charge in [-0.3, -0.25) is 0 Å². The molecule has 1 amide bonds. The molecule has 1 saturated heterocycles. The highest BCUT2D eigenvalue weighted by Crippen LogP contribution is 2.33. The van der Waals surface area contributed by atoms with Gasteiger partial charge >= 0.3 is 6.09 Å². The summed E-state index contributed by atoms with van der Waals surface area (Å²) >= 11 is 0. The Morgan fingerprint density at radius 2 is 1.92 bits per heavy atom.